The highest BCUT2D eigenvalue weighted by molar-refractivity contribution is 5.45. The molecule has 1 atom stereocenters. The van der Waals surface area contributed by atoms with Crippen molar-refractivity contribution in [2.75, 3.05) is 12.3 Å². The molecule has 0 spiro atoms. The third kappa shape index (κ3) is 2.68. The molecular formula is C13H19N5. The van der Waals surface area contributed by atoms with Crippen molar-refractivity contribution in [3.05, 3.63) is 41.6 Å². The number of pyridine rings is 1. The van der Waals surface area contributed by atoms with E-state index >= 15 is 0 Å². The molecule has 0 aliphatic carbocycles. The van der Waals surface area contributed by atoms with Gasteiger partial charge in [-0.05, 0) is 31.5 Å². The summed E-state index contributed by atoms with van der Waals surface area (Å²) in [5, 5.41) is 3.44. The smallest absolute Gasteiger partial charge is 0.128 e. The number of nitrogen functional groups attached to an aromatic ring is 1. The van der Waals surface area contributed by atoms with Crippen molar-refractivity contribution in [3.63, 3.8) is 0 Å². The van der Waals surface area contributed by atoms with Crippen LogP contribution < -0.4 is 11.1 Å². The number of aromatic amines is 1. The molecule has 0 aliphatic rings. The normalized spacial score (nSPS) is 12.6. The van der Waals surface area contributed by atoms with E-state index in [1.54, 1.807) is 12.4 Å². The van der Waals surface area contributed by atoms with Crippen LogP contribution in [-0.4, -0.2) is 21.5 Å². The van der Waals surface area contributed by atoms with Crippen molar-refractivity contribution < 1.29 is 0 Å². The van der Waals surface area contributed by atoms with Gasteiger partial charge in [0.25, 0.3) is 0 Å². The van der Waals surface area contributed by atoms with Crippen LogP contribution in [0.25, 0.3) is 0 Å². The predicted octanol–water partition coefficient (Wildman–Crippen LogP) is 1.78. The lowest BCUT2D eigenvalue weighted by molar-refractivity contribution is 0.576. The van der Waals surface area contributed by atoms with Gasteiger partial charge in [-0.3, -0.25) is 0 Å². The molecule has 2 aromatic rings. The Labute approximate surface area is 107 Å². The zero-order valence-electron chi connectivity index (χ0n) is 10.8. The standard InChI is InChI=1S/C13H19N5/c1-3-4-15-11(13-16-5-6-17-13)10-7-9(2)8-18-12(10)14/h5-8,11,15H,3-4H2,1-2H3,(H2,14,18)(H,16,17). The van der Waals surface area contributed by atoms with Crippen LogP contribution in [0.15, 0.2) is 24.7 Å². The number of hydrogen-bond donors (Lipinski definition) is 3. The second-order valence-electron chi connectivity index (χ2n) is 4.35. The topological polar surface area (TPSA) is 79.6 Å². The van der Waals surface area contributed by atoms with E-state index in [9.17, 15) is 0 Å². The lowest BCUT2D eigenvalue weighted by atomic mass is 10.1. The Hall–Kier alpha value is -1.88. The van der Waals surface area contributed by atoms with Gasteiger partial charge in [0.15, 0.2) is 0 Å². The Kier molecular flexibility index (Phi) is 3.94. The van der Waals surface area contributed by atoms with Crippen LogP contribution in [0.5, 0.6) is 0 Å². The Balaban J connectivity index is 2.36. The highest BCUT2D eigenvalue weighted by Gasteiger charge is 2.18. The van der Waals surface area contributed by atoms with Crippen molar-refractivity contribution in [2.24, 2.45) is 0 Å². The summed E-state index contributed by atoms with van der Waals surface area (Å²) in [5.74, 6) is 1.41. The van der Waals surface area contributed by atoms with Gasteiger partial charge in [0.1, 0.15) is 11.6 Å². The summed E-state index contributed by atoms with van der Waals surface area (Å²) < 4.78 is 0. The molecule has 0 radical (unpaired) electrons. The molecular weight excluding hydrogens is 226 g/mol. The van der Waals surface area contributed by atoms with Crippen molar-refractivity contribution in [2.45, 2.75) is 26.3 Å². The molecule has 0 bridgehead atoms. The van der Waals surface area contributed by atoms with E-state index in [2.05, 4.69) is 33.3 Å². The first-order chi connectivity index (χ1) is 8.72. The van der Waals surface area contributed by atoms with Gasteiger partial charge in [0, 0.05) is 24.2 Å². The maximum atomic E-state index is 5.98. The summed E-state index contributed by atoms with van der Waals surface area (Å²) in [5.41, 5.74) is 8.04. The zero-order valence-corrected chi connectivity index (χ0v) is 10.8. The van der Waals surface area contributed by atoms with Gasteiger partial charge in [0.2, 0.25) is 0 Å². The average Bonchev–Trinajstić information content (AvgIpc) is 2.88. The molecule has 18 heavy (non-hydrogen) atoms. The second kappa shape index (κ2) is 5.64. The van der Waals surface area contributed by atoms with Gasteiger partial charge in [0.05, 0.1) is 6.04 Å². The van der Waals surface area contributed by atoms with Crippen LogP contribution >= 0.6 is 0 Å². The van der Waals surface area contributed by atoms with Crippen LogP contribution in [0, 0.1) is 6.92 Å². The monoisotopic (exact) mass is 245 g/mol. The first-order valence-corrected chi connectivity index (χ1v) is 6.17. The van der Waals surface area contributed by atoms with Crippen molar-refractivity contribution in [1.82, 2.24) is 20.3 Å². The van der Waals surface area contributed by atoms with Crippen LogP contribution in [-0.2, 0) is 0 Å². The minimum atomic E-state index is -0.0349. The highest BCUT2D eigenvalue weighted by atomic mass is 15.0. The summed E-state index contributed by atoms with van der Waals surface area (Å²) in [7, 11) is 0. The molecule has 0 amide bonds. The average molecular weight is 245 g/mol. The molecule has 4 N–H and O–H groups in total. The minimum Gasteiger partial charge on any atom is -0.383 e. The molecule has 96 valence electrons. The lowest BCUT2D eigenvalue weighted by Gasteiger charge is -2.18. The molecule has 2 aromatic heterocycles. The van der Waals surface area contributed by atoms with Gasteiger partial charge < -0.3 is 16.0 Å². The summed E-state index contributed by atoms with van der Waals surface area (Å²) >= 11 is 0. The molecule has 1 unspecified atom stereocenters. The van der Waals surface area contributed by atoms with Crippen LogP contribution in [0.1, 0.15) is 36.3 Å². The molecule has 5 heteroatoms. The number of aryl methyl sites for hydroxylation is 1. The third-order valence-corrected chi connectivity index (χ3v) is 2.79. The number of nitrogens with zero attached hydrogens (tertiary/aromatic N) is 2. The SMILES string of the molecule is CCCNC(c1ncc[nH]1)c1cc(C)cnc1N. The van der Waals surface area contributed by atoms with E-state index in [0.29, 0.717) is 5.82 Å². The van der Waals surface area contributed by atoms with Crippen molar-refractivity contribution in [3.8, 4) is 0 Å². The van der Waals surface area contributed by atoms with E-state index in [-0.39, 0.29) is 6.04 Å². The summed E-state index contributed by atoms with van der Waals surface area (Å²) in [6.45, 7) is 5.04. The van der Waals surface area contributed by atoms with Crippen LogP contribution in [0.3, 0.4) is 0 Å². The molecule has 0 saturated heterocycles. The molecule has 0 aromatic carbocycles. The minimum absolute atomic E-state index is 0.0349. The fourth-order valence-corrected chi connectivity index (χ4v) is 1.91. The fourth-order valence-electron chi connectivity index (χ4n) is 1.91. The highest BCUT2D eigenvalue weighted by Crippen LogP contribution is 2.24. The number of hydrogen-bond acceptors (Lipinski definition) is 4. The number of nitrogens with two attached hydrogens (primary N) is 1. The number of rotatable bonds is 5. The maximum absolute atomic E-state index is 5.98. The number of H-pyrrole nitrogens is 1. The Bertz CT molecular complexity index is 492. The summed E-state index contributed by atoms with van der Waals surface area (Å²) in [6, 6.07) is 2.02. The van der Waals surface area contributed by atoms with Gasteiger partial charge in [-0.2, -0.15) is 0 Å². The third-order valence-electron chi connectivity index (χ3n) is 2.79. The van der Waals surface area contributed by atoms with Gasteiger partial charge in [-0.25, -0.2) is 9.97 Å². The molecule has 0 aliphatic heterocycles. The predicted molar refractivity (Wildman–Crippen MR) is 72.1 cm³/mol. The Morgan fingerprint density at radius 2 is 2.28 bits per heavy atom. The largest absolute Gasteiger partial charge is 0.383 e. The van der Waals surface area contributed by atoms with Crippen LogP contribution in [0.4, 0.5) is 5.82 Å². The molecule has 0 fully saturated rings. The lowest BCUT2D eigenvalue weighted by Crippen LogP contribution is -2.25. The van der Waals surface area contributed by atoms with Gasteiger partial charge in [-0.1, -0.05) is 6.92 Å². The fraction of sp³-hybridized carbons (Fsp3) is 0.385. The van der Waals surface area contributed by atoms with E-state index in [1.807, 2.05) is 13.1 Å². The van der Waals surface area contributed by atoms with Gasteiger partial charge >= 0.3 is 0 Å². The quantitative estimate of drug-likeness (QED) is 0.750. The molecule has 2 rings (SSSR count). The van der Waals surface area contributed by atoms with Gasteiger partial charge in [-0.15, -0.1) is 0 Å². The summed E-state index contributed by atoms with van der Waals surface area (Å²) in [6.07, 6.45) is 6.39. The zero-order chi connectivity index (χ0) is 13.0. The van der Waals surface area contributed by atoms with E-state index in [0.717, 1.165) is 29.9 Å². The molecule has 5 nitrogen and oxygen atoms in total. The number of aromatic nitrogens is 3. The number of imidazole rings is 1. The second-order valence-corrected chi connectivity index (χ2v) is 4.35. The Morgan fingerprint density at radius 1 is 1.44 bits per heavy atom. The van der Waals surface area contributed by atoms with Crippen LogP contribution in [0.2, 0.25) is 0 Å². The number of anilines is 1. The van der Waals surface area contributed by atoms with E-state index in [4.69, 9.17) is 5.73 Å². The maximum Gasteiger partial charge on any atom is 0.128 e. The van der Waals surface area contributed by atoms with E-state index < -0.39 is 0 Å². The van der Waals surface area contributed by atoms with Crippen molar-refractivity contribution >= 4 is 5.82 Å². The Morgan fingerprint density at radius 3 is 2.94 bits per heavy atom. The summed E-state index contributed by atoms with van der Waals surface area (Å²) in [4.78, 5) is 11.7. The molecule has 2 heterocycles. The van der Waals surface area contributed by atoms with Crippen molar-refractivity contribution in [1.29, 1.82) is 0 Å². The molecule has 0 saturated carbocycles. The van der Waals surface area contributed by atoms with E-state index in [1.165, 1.54) is 0 Å². The first-order valence-electron chi connectivity index (χ1n) is 6.17. The first kappa shape index (κ1) is 12.6. The number of nitrogens with one attached hydrogen (secondary N) is 2.